The standard InChI is InChI=1S/C18H17N3O4/c22-16(4-3-15-2-1-10-24-15)21-8-5-13(6-9-21)17-19-20-18(25-17)14-7-11-23-12-14/h1-4,7,10-13H,5-6,8-9H2. The van der Waals surface area contributed by atoms with Crippen LogP contribution in [0.2, 0.25) is 0 Å². The number of aromatic nitrogens is 2. The molecule has 25 heavy (non-hydrogen) atoms. The van der Waals surface area contributed by atoms with Crippen LogP contribution in [0.4, 0.5) is 0 Å². The van der Waals surface area contributed by atoms with Crippen molar-refractivity contribution in [2.45, 2.75) is 18.8 Å². The summed E-state index contributed by atoms with van der Waals surface area (Å²) in [5.41, 5.74) is 0.773. The Morgan fingerprint density at radius 2 is 2.08 bits per heavy atom. The van der Waals surface area contributed by atoms with Gasteiger partial charge in [-0.3, -0.25) is 4.79 Å². The number of hydrogen-bond acceptors (Lipinski definition) is 6. The largest absolute Gasteiger partial charge is 0.472 e. The molecule has 0 spiro atoms. The van der Waals surface area contributed by atoms with Crippen LogP contribution in [0, 0.1) is 0 Å². The van der Waals surface area contributed by atoms with Crippen LogP contribution in [-0.2, 0) is 4.79 Å². The Labute approximate surface area is 143 Å². The lowest BCUT2D eigenvalue weighted by Gasteiger charge is -2.29. The zero-order valence-corrected chi connectivity index (χ0v) is 13.5. The molecule has 128 valence electrons. The minimum Gasteiger partial charge on any atom is -0.472 e. The lowest BCUT2D eigenvalue weighted by atomic mass is 9.97. The summed E-state index contributed by atoms with van der Waals surface area (Å²) in [6.07, 6.45) is 9.55. The molecule has 0 unspecified atom stereocenters. The Bertz CT molecular complexity index is 841. The van der Waals surface area contributed by atoms with Crippen molar-refractivity contribution in [3.63, 3.8) is 0 Å². The van der Waals surface area contributed by atoms with E-state index in [4.69, 9.17) is 13.3 Å². The summed E-state index contributed by atoms with van der Waals surface area (Å²) in [6, 6.07) is 5.38. The molecular weight excluding hydrogens is 322 g/mol. The fourth-order valence-electron chi connectivity index (χ4n) is 2.89. The van der Waals surface area contributed by atoms with Gasteiger partial charge in [0.15, 0.2) is 0 Å². The van der Waals surface area contributed by atoms with Gasteiger partial charge in [-0.2, -0.15) is 0 Å². The lowest BCUT2D eigenvalue weighted by Crippen LogP contribution is -2.36. The molecule has 0 atom stereocenters. The number of carbonyl (C=O) groups is 1. The quantitative estimate of drug-likeness (QED) is 0.678. The molecule has 3 aromatic heterocycles. The SMILES string of the molecule is O=C(C=Cc1ccco1)N1CCC(c2nnc(-c3ccoc3)o2)CC1. The monoisotopic (exact) mass is 339 g/mol. The molecule has 4 rings (SSSR count). The average molecular weight is 339 g/mol. The fourth-order valence-corrected chi connectivity index (χ4v) is 2.89. The predicted octanol–water partition coefficient (Wildman–Crippen LogP) is 3.34. The Kier molecular flexibility index (Phi) is 4.20. The molecule has 1 amide bonds. The molecule has 1 aliphatic heterocycles. The van der Waals surface area contributed by atoms with Crippen molar-refractivity contribution in [3.05, 3.63) is 54.7 Å². The van der Waals surface area contributed by atoms with Crippen LogP contribution in [0.5, 0.6) is 0 Å². The smallest absolute Gasteiger partial charge is 0.250 e. The van der Waals surface area contributed by atoms with Crippen molar-refractivity contribution in [1.29, 1.82) is 0 Å². The maximum atomic E-state index is 12.2. The van der Waals surface area contributed by atoms with Gasteiger partial charge in [-0.1, -0.05) is 0 Å². The molecular formula is C18H17N3O4. The molecule has 0 aromatic carbocycles. The van der Waals surface area contributed by atoms with E-state index in [0.717, 1.165) is 18.4 Å². The van der Waals surface area contributed by atoms with Crippen molar-refractivity contribution < 1.29 is 18.0 Å². The van der Waals surface area contributed by atoms with E-state index in [9.17, 15) is 4.79 Å². The second kappa shape index (κ2) is 6.80. The van der Waals surface area contributed by atoms with Crippen molar-refractivity contribution in [2.24, 2.45) is 0 Å². The van der Waals surface area contributed by atoms with Crippen LogP contribution in [0.25, 0.3) is 17.5 Å². The Morgan fingerprint density at radius 1 is 1.20 bits per heavy atom. The van der Waals surface area contributed by atoms with E-state index in [2.05, 4.69) is 10.2 Å². The first-order valence-electron chi connectivity index (χ1n) is 8.16. The summed E-state index contributed by atoms with van der Waals surface area (Å²) < 4.78 is 16.0. The number of hydrogen-bond donors (Lipinski definition) is 0. The third-order valence-corrected chi connectivity index (χ3v) is 4.30. The van der Waals surface area contributed by atoms with E-state index in [1.807, 2.05) is 11.0 Å². The molecule has 0 bridgehead atoms. The molecule has 4 heterocycles. The first-order valence-corrected chi connectivity index (χ1v) is 8.16. The fraction of sp³-hybridized carbons (Fsp3) is 0.278. The highest BCUT2D eigenvalue weighted by molar-refractivity contribution is 5.91. The number of piperidine rings is 1. The highest BCUT2D eigenvalue weighted by atomic mass is 16.4. The zero-order chi connectivity index (χ0) is 17.1. The summed E-state index contributed by atoms with van der Waals surface area (Å²) >= 11 is 0. The topological polar surface area (TPSA) is 85.5 Å². The van der Waals surface area contributed by atoms with Gasteiger partial charge in [0.2, 0.25) is 11.8 Å². The van der Waals surface area contributed by atoms with Crippen LogP contribution in [-0.4, -0.2) is 34.1 Å². The molecule has 0 saturated carbocycles. The van der Waals surface area contributed by atoms with E-state index in [-0.39, 0.29) is 11.8 Å². The van der Waals surface area contributed by atoms with Crippen LogP contribution < -0.4 is 0 Å². The minimum atomic E-state index is -0.0144. The van der Waals surface area contributed by atoms with Crippen molar-refractivity contribution in [1.82, 2.24) is 15.1 Å². The average Bonchev–Trinajstić information content (AvgIpc) is 3.42. The molecule has 0 radical (unpaired) electrons. The highest BCUT2D eigenvalue weighted by Gasteiger charge is 2.26. The van der Waals surface area contributed by atoms with E-state index in [1.165, 1.54) is 0 Å². The van der Waals surface area contributed by atoms with Crippen LogP contribution in [0.3, 0.4) is 0 Å². The number of furan rings is 2. The first kappa shape index (κ1) is 15.4. The Hall–Kier alpha value is -3.09. The highest BCUT2D eigenvalue weighted by Crippen LogP contribution is 2.29. The second-order valence-electron chi connectivity index (χ2n) is 5.91. The van der Waals surface area contributed by atoms with Crippen molar-refractivity contribution in [2.75, 3.05) is 13.1 Å². The van der Waals surface area contributed by atoms with Gasteiger partial charge in [0.05, 0.1) is 18.1 Å². The van der Waals surface area contributed by atoms with Crippen molar-refractivity contribution >= 4 is 12.0 Å². The molecule has 0 aliphatic carbocycles. The van der Waals surface area contributed by atoms with Crippen molar-refractivity contribution in [3.8, 4) is 11.5 Å². The van der Waals surface area contributed by atoms with Gasteiger partial charge in [0, 0.05) is 25.1 Å². The third kappa shape index (κ3) is 3.40. The molecule has 3 aromatic rings. The summed E-state index contributed by atoms with van der Waals surface area (Å²) in [6.45, 7) is 1.32. The minimum absolute atomic E-state index is 0.0144. The third-order valence-electron chi connectivity index (χ3n) is 4.30. The molecule has 7 nitrogen and oxygen atoms in total. The molecule has 1 saturated heterocycles. The van der Waals surface area contributed by atoms with E-state index in [0.29, 0.717) is 30.6 Å². The van der Waals surface area contributed by atoms with Gasteiger partial charge in [-0.05, 0) is 37.1 Å². The van der Waals surface area contributed by atoms with E-state index < -0.39 is 0 Å². The maximum Gasteiger partial charge on any atom is 0.250 e. The summed E-state index contributed by atoms with van der Waals surface area (Å²) in [4.78, 5) is 14.1. The predicted molar refractivity (Wildman–Crippen MR) is 88.3 cm³/mol. The van der Waals surface area contributed by atoms with Crippen LogP contribution in [0.1, 0.15) is 30.4 Å². The van der Waals surface area contributed by atoms with Gasteiger partial charge < -0.3 is 18.2 Å². The molecule has 0 N–H and O–H groups in total. The number of carbonyl (C=O) groups excluding carboxylic acids is 1. The Balaban J connectivity index is 1.34. The van der Waals surface area contributed by atoms with E-state index in [1.54, 1.807) is 43.1 Å². The Morgan fingerprint density at radius 3 is 2.80 bits per heavy atom. The molecule has 1 fully saturated rings. The van der Waals surface area contributed by atoms with E-state index >= 15 is 0 Å². The summed E-state index contributed by atoms with van der Waals surface area (Å²) in [5.74, 6) is 1.91. The lowest BCUT2D eigenvalue weighted by molar-refractivity contribution is -0.127. The van der Waals surface area contributed by atoms with Gasteiger partial charge in [0.25, 0.3) is 5.89 Å². The summed E-state index contributed by atoms with van der Waals surface area (Å²) in [7, 11) is 0. The second-order valence-corrected chi connectivity index (χ2v) is 5.91. The van der Waals surface area contributed by atoms with Gasteiger partial charge >= 0.3 is 0 Å². The normalized spacial score (nSPS) is 15.9. The zero-order valence-electron chi connectivity index (χ0n) is 13.5. The molecule has 7 heteroatoms. The van der Waals surface area contributed by atoms with Crippen LogP contribution in [0.15, 0.2) is 56.3 Å². The number of rotatable bonds is 4. The number of amides is 1. The first-order chi connectivity index (χ1) is 12.3. The van der Waals surface area contributed by atoms with Gasteiger partial charge in [-0.25, -0.2) is 0 Å². The number of nitrogens with zero attached hydrogens (tertiary/aromatic N) is 3. The summed E-state index contributed by atoms with van der Waals surface area (Å²) in [5, 5.41) is 8.21. The van der Waals surface area contributed by atoms with Gasteiger partial charge in [0.1, 0.15) is 12.0 Å². The maximum absolute atomic E-state index is 12.2. The molecule has 1 aliphatic rings. The number of likely N-dealkylation sites (tertiary alicyclic amines) is 1. The van der Waals surface area contributed by atoms with Gasteiger partial charge in [-0.15, -0.1) is 10.2 Å². The van der Waals surface area contributed by atoms with Crippen LogP contribution >= 0.6 is 0 Å².